The number of carbonyl (C=O) groups is 2. The Morgan fingerprint density at radius 2 is 1.87 bits per heavy atom. The second-order valence-corrected chi connectivity index (χ2v) is 7.79. The summed E-state index contributed by atoms with van der Waals surface area (Å²) in [7, 11) is 0. The molecule has 1 aliphatic heterocycles. The number of pyridine rings is 1. The van der Waals surface area contributed by atoms with Crippen molar-refractivity contribution in [3.8, 4) is 0 Å². The summed E-state index contributed by atoms with van der Waals surface area (Å²) in [4.78, 5) is 32.5. The van der Waals surface area contributed by atoms with Gasteiger partial charge in [-0.05, 0) is 24.6 Å². The van der Waals surface area contributed by atoms with E-state index in [2.05, 4.69) is 17.1 Å². The predicted octanol–water partition coefficient (Wildman–Crippen LogP) is 3.48. The van der Waals surface area contributed by atoms with Crippen molar-refractivity contribution in [1.29, 1.82) is 0 Å². The fourth-order valence-corrected chi connectivity index (χ4v) is 4.04. The first-order valence-electron chi connectivity index (χ1n) is 10.8. The molecule has 0 saturated carbocycles. The summed E-state index contributed by atoms with van der Waals surface area (Å²) in [5, 5.41) is 3.56. The molecule has 4 rings (SSSR count). The maximum Gasteiger partial charge on any atom is 0.339 e. The minimum absolute atomic E-state index is 0.310. The maximum absolute atomic E-state index is 13.1. The van der Waals surface area contributed by atoms with Crippen molar-refractivity contribution < 1.29 is 14.3 Å². The maximum atomic E-state index is 13.1. The number of fused-ring (bicyclic) bond motifs is 2. The highest BCUT2D eigenvalue weighted by molar-refractivity contribution is 6.05. The Morgan fingerprint density at radius 1 is 1.10 bits per heavy atom. The quantitative estimate of drug-likeness (QED) is 0.596. The molecule has 1 amide bonds. The van der Waals surface area contributed by atoms with Crippen molar-refractivity contribution in [3.05, 3.63) is 77.0 Å². The molecule has 0 bridgehead atoms. The average Bonchev–Trinajstić information content (AvgIpc) is 2.80. The topological polar surface area (TPSA) is 71.5 Å². The number of aromatic nitrogens is 1. The lowest BCUT2D eigenvalue weighted by Crippen LogP contribution is -2.34. The number of amides is 1. The number of carbonyl (C=O) groups excluding carboxylic acids is 2. The number of esters is 1. The average molecular weight is 418 g/mol. The molecule has 3 aromatic rings. The van der Waals surface area contributed by atoms with E-state index in [0.29, 0.717) is 18.7 Å². The van der Waals surface area contributed by atoms with E-state index in [0.717, 1.165) is 53.7 Å². The van der Waals surface area contributed by atoms with Crippen LogP contribution in [-0.4, -0.2) is 41.5 Å². The Hall–Kier alpha value is -3.25. The summed E-state index contributed by atoms with van der Waals surface area (Å²) in [5.41, 5.74) is 4.19. The van der Waals surface area contributed by atoms with E-state index in [9.17, 15) is 9.59 Å². The Balaban J connectivity index is 1.51. The number of hydrogen-bond acceptors (Lipinski definition) is 5. The molecule has 0 atom stereocenters. The van der Waals surface area contributed by atoms with Gasteiger partial charge in [0.25, 0.3) is 5.91 Å². The van der Waals surface area contributed by atoms with Gasteiger partial charge in [-0.25, -0.2) is 4.79 Å². The fourth-order valence-electron chi connectivity index (χ4n) is 4.04. The van der Waals surface area contributed by atoms with Crippen LogP contribution in [0.1, 0.15) is 40.5 Å². The van der Waals surface area contributed by atoms with Gasteiger partial charge in [0.15, 0.2) is 6.61 Å². The summed E-state index contributed by atoms with van der Waals surface area (Å²) in [5.74, 6) is -0.792. The first-order valence-corrected chi connectivity index (χ1v) is 10.8. The summed E-state index contributed by atoms with van der Waals surface area (Å²) in [6.07, 6.45) is 1.86. The van der Waals surface area contributed by atoms with Gasteiger partial charge in [0.05, 0.1) is 11.1 Å². The first kappa shape index (κ1) is 21.0. The van der Waals surface area contributed by atoms with Crippen molar-refractivity contribution >= 4 is 22.8 Å². The zero-order valence-corrected chi connectivity index (χ0v) is 17.8. The zero-order chi connectivity index (χ0) is 21.6. The molecule has 0 unspecified atom stereocenters. The molecule has 6 nitrogen and oxygen atoms in total. The standard InChI is InChI=1S/C25H27N3O3/c1-2-13-28-14-12-22-20(16-28)24(19-10-6-7-11-21(19)27-22)25(30)31-17-23(29)26-15-18-8-4-3-5-9-18/h3-11H,2,12-17H2,1H3,(H,26,29). The number of para-hydroxylation sites is 1. The molecule has 1 N–H and O–H groups in total. The summed E-state index contributed by atoms with van der Waals surface area (Å²) in [6, 6.07) is 17.3. The summed E-state index contributed by atoms with van der Waals surface area (Å²) < 4.78 is 5.45. The third-order valence-corrected chi connectivity index (χ3v) is 5.54. The summed E-state index contributed by atoms with van der Waals surface area (Å²) in [6.45, 7) is 4.82. The Morgan fingerprint density at radius 3 is 2.68 bits per heavy atom. The lowest BCUT2D eigenvalue weighted by atomic mass is 9.95. The molecule has 0 spiro atoms. The van der Waals surface area contributed by atoms with Crippen molar-refractivity contribution in [2.24, 2.45) is 0 Å². The van der Waals surface area contributed by atoms with Crippen LogP contribution in [-0.2, 0) is 29.0 Å². The number of ether oxygens (including phenoxy) is 1. The Kier molecular flexibility index (Phi) is 6.57. The minimum Gasteiger partial charge on any atom is -0.452 e. The number of rotatable bonds is 7. The van der Waals surface area contributed by atoms with Crippen LogP contribution in [0.5, 0.6) is 0 Å². The molecule has 1 aromatic heterocycles. The van der Waals surface area contributed by atoms with Crippen LogP contribution in [0.25, 0.3) is 10.9 Å². The fraction of sp³-hybridized carbons (Fsp3) is 0.320. The number of nitrogens with zero attached hydrogens (tertiary/aromatic N) is 2. The van der Waals surface area contributed by atoms with Crippen molar-refractivity contribution in [2.45, 2.75) is 32.9 Å². The SMILES string of the molecule is CCCN1CCc2nc3ccccc3c(C(=O)OCC(=O)NCc3ccccc3)c2C1. The molecule has 31 heavy (non-hydrogen) atoms. The van der Waals surface area contributed by atoms with Crippen LogP contribution in [0.15, 0.2) is 54.6 Å². The molecule has 2 heterocycles. The largest absolute Gasteiger partial charge is 0.452 e. The minimum atomic E-state index is -0.469. The highest BCUT2D eigenvalue weighted by Gasteiger charge is 2.26. The van der Waals surface area contributed by atoms with Crippen molar-refractivity contribution in [3.63, 3.8) is 0 Å². The van der Waals surface area contributed by atoms with E-state index >= 15 is 0 Å². The molecular formula is C25H27N3O3. The normalized spacial score (nSPS) is 13.6. The summed E-state index contributed by atoms with van der Waals surface area (Å²) >= 11 is 0. The van der Waals surface area contributed by atoms with Crippen LogP contribution < -0.4 is 5.32 Å². The van der Waals surface area contributed by atoms with Crippen LogP contribution in [0.2, 0.25) is 0 Å². The van der Waals surface area contributed by atoms with Crippen molar-refractivity contribution in [2.75, 3.05) is 19.7 Å². The highest BCUT2D eigenvalue weighted by Crippen LogP contribution is 2.28. The van der Waals surface area contributed by atoms with E-state index in [-0.39, 0.29) is 12.5 Å². The van der Waals surface area contributed by atoms with Gasteiger partial charge in [0.1, 0.15) is 0 Å². The molecule has 160 valence electrons. The third-order valence-electron chi connectivity index (χ3n) is 5.54. The predicted molar refractivity (Wildman–Crippen MR) is 120 cm³/mol. The molecule has 0 fully saturated rings. The van der Waals surface area contributed by atoms with Crippen LogP contribution >= 0.6 is 0 Å². The first-order chi connectivity index (χ1) is 15.2. The highest BCUT2D eigenvalue weighted by atomic mass is 16.5. The second-order valence-electron chi connectivity index (χ2n) is 7.79. The molecule has 2 aromatic carbocycles. The van der Waals surface area contributed by atoms with Gasteiger partial charge >= 0.3 is 5.97 Å². The van der Waals surface area contributed by atoms with Gasteiger partial charge in [-0.2, -0.15) is 0 Å². The van der Waals surface area contributed by atoms with Gasteiger partial charge in [-0.1, -0.05) is 55.5 Å². The van der Waals surface area contributed by atoms with Gasteiger partial charge in [0.2, 0.25) is 0 Å². The smallest absolute Gasteiger partial charge is 0.339 e. The molecular weight excluding hydrogens is 390 g/mol. The number of nitrogens with one attached hydrogen (secondary N) is 1. The Bertz CT molecular complexity index is 1080. The third kappa shape index (κ3) is 4.91. The van der Waals surface area contributed by atoms with Crippen LogP contribution in [0.4, 0.5) is 0 Å². The van der Waals surface area contributed by atoms with Gasteiger partial charge < -0.3 is 10.1 Å². The monoisotopic (exact) mass is 417 g/mol. The molecule has 1 aliphatic rings. The Labute approximate surface area is 182 Å². The molecule has 6 heteroatoms. The lowest BCUT2D eigenvalue weighted by molar-refractivity contribution is -0.124. The van der Waals surface area contributed by atoms with E-state index in [1.807, 2.05) is 54.6 Å². The number of hydrogen-bond donors (Lipinski definition) is 1. The van der Waals surface area contributed by atoms with Gasteiger partial charge in [0, 0.05) is 42.7 Å². The number of benzene rings is 2. The van der Waals surface area contributed by atoms with Gasteiger partial charge in [-0.3, -0.25) is 14.7 Å². The second kappa shape index (κ2) is 9.71. The van der Waals surface area contributed by atoms with E-state index < -0.39 is 5.97 Å². The van der Waals surface area contributed by atoms with Gasteiger partial charge in [-0.15, -0.1) is 0 Å². The van der Waals surface area contributed by atoms with E-state index in [1.165, 1.54) is 0 Å². The van der Waals surface area contributed by atoms with Crippen molar-refractivity contribution in [1.82, 2.24) is 15.2 Å². The van der Waals surface area contributed by atoms with Crippen LogP contribution in [0.3, 0.4) is 0 Å². The van der Waals surface area contributed by atoms with Crippen LogP contribution in [0, 0.1) is 0 Å². The zero-order valence-electron chi connectivity index (χ0n) is 17.8. The lowest BCUT2D eigenvalue weighted by Gasteiger charge is -2.29. The van der Waals surface area contributed by atoms with E-state index in [4.69, 9.17) is 9.72 Å². The molecule has 0 radical (unpaired) electrons. The molecule has 0 aliphatic carbocycles. The van der Waals surface area contributed by atoms with E-state index in [1.54, 1.807) is 0 Å². The molecule has 0 saturated heterocycles.